The van der Waals surface area contributed by atoms with Crippen LogP contribution < -0.4 is 9.80 Å². The summed E-state index contributed by atoms with van der Waals surface area (Å²) in [6.45, 7) is 8.78. The fraction of sp³-hybridized carbons (Fsp3) is 0.0606. The van der Waals surface area contributed by atoms with Gasteiger partial charge >= 0.3 is 0 Å². The van der Waals surface area contributed by atoms with Crippen molar-refractivity contribution in [1.82, 2.24) is 0 Å². The highest BCUT2D eigenvalue weighted by molar-refractivity contribution is 6.21. The summed E-state index contributed by atoms with van der Waals surface area (Å²) in [6, 6.07) is 78.8. The van der Waals surface area contributed by atoms with Crippen molar-refractivity contribution in [2.24, 2.45) is 0 Å². The van der Waals surface area contributed by atoms with Gasteiger partial charge in [-0.3, -0.25) is 0 Å². The number of anilines is 6. The van der Waals surface area contributed by atoms with E-state index in [1.54, 1.807) is 0 Å². The number of hydrogen-bond acceptors (Lipinski definition) is 4. The van der Waals surface area contributed by atoms with E-state index in [2.05, 4.69) is 256 Å². The molecule has 13 rings (SSSR count). The van der Waals surface area contributed by atoms with Crippen molar-refractivity contribution in [3.63, 3.8) is 0 Å². The summed E-state index contributed by atoms with van der Waals surface area (Å²) in [7, 11) is 0. The molecule has 0 bridgehead atoms. The molecule has 4 nitrogen and oxygen atoms in total. The summed E-state index contributed by atoms with van der Waals surface area (Å²) in [6.07, 6.45) is 0. The quantitative estimate of drug-likeness (QED) is 0.152. The summed E-state index contributed by atoms with van der Waals surface area (Å²) >= 11 is 0. The number of nitrogens with zero attached hydrogens (tertiary/aromatic N) is 2. The lowest BCUT2D eigenvalue weighted by Crippen LogP contribution is -2.12. The molecular formula is C66H48N2O2. The fourth-order valence-corrected chi connectivity index (χ4v) is 10.8. The summed E-state index contributed by atoms with van der Waals surface area (Å²) in [5.41, 5.74) is 19.6. The van der Waals surface area contributed by atoms with E-state index in [0.717, 1.165) is 88.2 Å². The molecule has 0 radical (unpaired) electrons. The molecular weight excluding hydrogens is 853 g/mol. The maximum atomic E-state index is 6.86. The Balaban J connectivity index is 0.901. The van der Waals surface area contributed by atoms with Gasteiger partial charge in [-0.2, -0.15) is 0 Å². The van der Waals surface area contributed by atoms with Gasteiger partial charge in [0.15, 0.2) is 11.2 Å². The van der Waals surface area contributed by atoms with E-state index >= 15 is 0 Å². The molecule has 2 aromatic heterocycles. The van der Waals surface area contributed by atoms with E-state index in [4.69, 9.17) is 8.83 Å². The predicted molar refractivity (Wildman–Crippen MR) is 295 cm³/mol. The van der Waals surface area contributed by atoms with Gasteiger partial charge in [0.05, 0.1) is 11.4 Å². The van der Waals surface area contributed by atoms with Gasteiger partial charge in [-0.1, -0.05) is 133 Å². The Morgan fingerprint density at radius 3 is 1.01 bits per heavy atom. The van der Waals surface area contributed by atoms with Crippen LogP contribution in [0.5, 0.6) is 0 Å². The second-order valence-electron chi connectivity index (χ2n) is 18.8. The highest BCUT2D eigenvalue weighted by atomic mass is 16.4. The maximum absolute atomic E-state index is 6.86. The SMILES string of the molecule is Cc1cccc(C)c1N(c1ccc(-c2ccccc2)cc1)c1ccc2cc3c(cc2c1)oc1c3ccc2c3cc4ccc(N(c5ccc(-c6ccccc6)cc5)c5c(C)cccc5C)cc4cc3oc21. The van der Waals surface area contributed by atoms with E-state index < -0.39 is 0 Å². The van der Waals surface area contributed by atoms with Gasteiger partial charge in [0.1, 0.15) is 11.2 Å². The van der Waals surface area contributed by atoms with Crippen LogP contribution >= 0.6 is 0 Å². The van der Waals surface area contributed by atoms with Gasteiger partial charge in [-0.15, -0.1) is 0 Å². The van der Waals surface area contributed by atoms with Crippen molar-refractivity contribution in [2.75, 3.05) is 9.80 Å². The van der Waals surface area contributed by atoms with Gasteiger partial charge in [0, 0.05) is 44.3 Å². The Hall–Kier alpha value is -8.86. The zero-order valence-electron chi connectivity index (χ0n) is 39.5. The van der Waals surface area contributed by atoms with Crippen LogP contribution in [0.15, 0.2) is 227 Å². The minimum absolute atomic E-state index is 0.764. The molecule has 0 unspecified atom stereocenters. The minimum atomic E-state index is 0.764. The van der Waals surface area contributed by atoms with Gasteiger partial charge in [-0.25, -0.2) is 0 Å². The van der Waals surface area contributed by atoms with Crippen LogP contribution in [-0.2, 0) is 0 Å². The average molecular weight is 901 g/mol. The van der Waals surface area contributed by atoms with Crippen LogP contribution in [-0.4, -0.2) is 0 Å². The third-order valence-corrected chi connectivity index (χ3v) is 14.3. The molecule has 0 fully saturated rings. The molecule has 70 heavy (non-hydrogen) atoms. The van der Waals surface area contributed by atoms with E-state index in [-0.39, 0.29) is 0 Å². The molecule has 13 aromatic rings. The number of furan rings is 2. The average Bonchev–Trinajstić information content (AvgIpc) is 3.95. The first-order chi connectivity index (χ1) is 34.3. The number of para-hydroxylation sites is 2. The van der Waals surface area contributed by atoms with E-state index in [1.165, 1.54) is 55.9 Å². The summed E-state index contributed by atoms with van der Waals surface area (Å²) in [4.78, 5) is 4.77. The smallest absolute Gasteiger partial charge is 0.178 e. The van der Waals surface area contributed by atoms with Gasteiger partial charge in [0.2, 0.25) is 0 Å². The topological polar surface area (TPSA) is 32.8 Å². The number of rotatable bonds is 8. The van der Waals surface area contributed by atoms with Crippen LogP contribution in [0, 0.1) is 27.7 Å². The molecule has 0 saturated carbocycles. The fourth-order valence-electron chi connectivity index (χ4n) is 10.8. The zero-order chi connectivity index (χ0) is 47.0. The molecule has 0 spiro atoms. The van der Waals surface area contributed by atoms with Crippen LogP contribution in [0.4, 0.5) is 34.1 Å². The van der Waals surface area contributed by atoms with Crippen molar-refractivity contribution < 1.29 is 8.83 Å². The first-order valence-electron chi connectivity index (χ1n) is 24.1. The number of hydrogen-bond donors (Lipinski definition) is 0. The molecule has 0 aliphatic heterocycles. The van der Waals surface area contributed by atoms with Crippen LogP contribution in [0.3, 0.4) is 0 Å². The van der Waals surface area contributed by atoms with Gasteiger partial charge in [0.25, 0.3) is 0 Å². The first kappa shape index (κ1) is 41.3. The molecule has 0 atom stereocenters. The van der Waals surface area contributed by atoms with Crippen molar-refractivity contribution in [1.29, 1.82) is 0 Å². The Bertz CT molecular complexity index is 3840. The normalized spacial score (nSPS) is 11.7. The summed E-state index contributed by atoms with van der Waals surface area (Å²) in [5.74, 6) is 0. The molecule has 0 amide bonds. The lowest BCUT2D eigenvalue weighted by atomic mass is 10.0. The second-order valence-corrected chi connectivity index (χ2v) is 18.8. The molecule has 0 saturated heterocycles. The van der Waals surface area contributed by atoms with Crippen molar-refractivity contribution in [3.05, 3.63) is 241 Å². The van der Waals surface area contributed by atoms with E-state index in [1.807, 2.05) is 0 Å². The highest BCUT2D eigenvalue weighted by Crippen LogP contribution is 2.45. The first-order valence-corrected chi connectivity index (χ1v) is 24.1. The molecule has 0 N–H and O–H groups in total. The Labute approximate surface area is 406 Å². The van der Waals surface area contributed by atoms with Crippen LogP contribution in [0.1, 0.15) is 22.3 Å². The van der Waals surface area contributed by atoms with E-state index in [0.29, 0.717) is 0 Å². The molecule has 11 aromatic carbocycles. The Morgan fingerprint density at radius 1 is 0.271 bits per heavy atom. The molecule has 2 heterocycles. The standard InChI is InChI=1S/C66H48N2O2/c1-41-13-11-14-42(2)63(41)67(53-27-21-47(22-28-53)45-17-7-5-8-18-45)55-31-25-49-37-59-57-33-34-58-60-38-50-26-32-56(36-52(50)40-62(60)70-66(58)65(57)69-61(59)39-51(49)35-55)68(64-43(3)15-12-16-44(64)4)54-29-23-48(24-30-54)46-19-9-6-10-20-46/h5-40H,1-4H3. The van der Waals surface area contributed by atoms with E-state index in [9.17, 15) is 0 Å². The lowest BCUT2D eigenvalue weighted by Gasteiger charge is -2.29. The molecule has 0 aliphatic rings. The number of aryl methyl sites for hydroxylation is 4. The zero-order valence-corrected chi connectivity index (χ0v) is 39.5. The molecule has 334 valence electrons. The largest absolute Gasteiger partial charge is 0.452 e. The number of benzene rings is 11. The molecule has 0 aliphatic carbocycles. The van der Waals surface area contributed by atoms with Crippen molar-refractivity contribution >= 4 is 99.5 Å². The highest BCUT2D eigenvalue weighted by Gasteiger charge is 2.22. The third kappa shape index (κ3) is 6.91. The summed E-state index contributed by atoms with van der Waals surface area (Å²) < 4.78 is 13.7. The minimum Gasteiger partial charge on any atom is -0.452 e. The van der Waals surface area contributed by atoms with Crippen LogP contribution in [0.25, 0.3) is 87.7 Å². The van der Waals surface area contributed by atoms with Gasteiger partial charge in [-0.05, 0) is 179 Å². The summed E-state index contributed by atoms with van der Waals surface area (Å²) in [5, 5.41) is 8.72. The monoisotopic (exact) mass is 900 g/mol. The van der Waals surface area contributed by atoms with Crippen LogP contribution in [0.2, 0.25) is 0 Å². The third-order valence-electron chi connectivity index (χ3n) is 14.3. The van der Waals surface area contributed by atoms with Crippen molar-refractivity contribution in [2.45, 2.75) is 27.7 Å². The number of fused-ring (bicyclic) bond motifs is 9. The lowest BCUT2D eigenvalue weighted by molar-refractivity contribution is 0.634. The Kier molecular flexibility index (Phi) is 9.70. The second kappa shape index (κ2) is 16.4. The maximum Gasteiger partial charge on any atom is 0.178 e. The molecule has 4 heteroatoms. The Morgan fingerprint density at radius 2 is 0.629 bits per heavy atom. The van der Waals surface area contributed by atoms with Crippen molar-refractivity contribution in [3.8, 4) is 22.3 Å². The van der Waals surface area contributed by atoms with Gasteiger partial charge < -0.3 is 18.6 Å². The predicted octanol–water partition coefficient (Wildman–Crippen LogP) is 19.3.